The molecule has 0 aliphatic rings. The third kappa shape index (κ3) is 7.25. The fourth-order valence-corrected chi connectivity index (χ4v) is 1.84. The van der Waals surface area contributed by atoms with Crippen molar-refractivity contribution in [2.24, 2.45) is 0 Å². The Morgan fingerprint density at radius 3 is 2.19 bits per heavy atom. The molecule has 1 rings (SSSR count). The molecule has 144 valence electrons. The van der Waals surface area contributed by atoms with Crippen molar-refractivity contribution in [1.29, 1.82) is 0 Å². The highest BCUT2D eigenvalue weighted by Crippen LogP contribution is 2.12. The van der Waals surface area contributed by atoms with Crippen LogP contribution in [0.15, 0.2) is 12.4 Å². The Kier molecular flexibility index (Phi) is 8.15. The molecule has 26 heavy (non-hydrogen) atoms. The molecule has 0 saturated heterocycles. The Bertz CT molecular complexity index is 658. The number of esters is 3. The quantitative estimate of drug-likeness (QED) is 0.241. The average Bonchev–Trinajstić information content (AvgIpc) is 2.99. The topological polar surface area (TPSA) is 149 Å². The summed E-state index contributed by atoms with van der Waals surface area (Å²) in [6.07, 6.45) is 0.404. The summed E-state index contributed by atoms with van der Waals surface area (Å²) in [6, 6.07) is 0. The highest BCUT2D eigenvalue weighted by Gasteiger charge is 2.29. The van der Waals surface area contributed by atoms with Crippen LogP contribution in [0.4, 0.5) is 5.95 Å². The van der Waals surface area contributed by atoms with Gasteiger partial charge < -0.3 is 29.1 Å². The van der Waals surface area contributed by atoms with Gasteiger partial charge in [-0.3, -0.25) is 14.4 Å². The van der Waals surface area contributed by atoms with Crippen LogP contribution in [-0.2, 0) is 40.1 Å². The summed E-state index contributed by atoms with van der Waals surface area (Å²) >= 11 is 0. The molecule has 1 heterocycles. The van der Waals surface area contributed by atoms with Crippen LogP contribution in [0.1, 0.15) is 20.8 Å². The molecule has 12 nitrogen and oxygen atoms in total. The van der Waals surface area contributed by atoms with Gasteiger partial charge in [-0.1, -0.05) is 4.98 Å². The molecule has 0 N–H and O–H groups in total. The van der Waals surface area contributed by atoms with E-state index in [0.717, 1.165) is 11.5 Å². The molecular formula is C14H19N3O9. The first kappa shape index (κ1) is 21.0. The van der Waals surface area contributed by atoms with Crippen LogP contribution in [0, 0.1) is 10.1 Å². The van der Waals surface area contributed by atoms with Crippen LogP contribution in [-0.4, -0.2) is 57.8 Å². The van der Waals surface area contributed by atoms with Crippen molar-refractivity contribution in [1.82, 2.24) is 9.55 Å². The number of imidazole rings is 1. The lowest BCUT2D eigenvalue weighted by atomic mass is 10.2. The monoisotopic (exact) mass is 373 g/mol. The maximum atomic E-state index is 11.3. The van der Waals surface area contributed by atoms with E-state index in [4.69, 9.17) is 18.9 Å². The zero-order valence-corrected chi connectivity index (χ0v) is 14.4. The van der Waals surface area contributed by atoms with Crippen molar-refractivity contribution in [3.63, 3.8) is 0 Å². The van der Waals surface area contributed by atoms with Crippen LogP contribution in [0.5, 0.6) is 0 Å². The fraction of sp³-hybridized carbons (Fsp3) is 0.571. The molecule has 0 unspecified atom stereocenters. The second-order valence-corrected chi connectivity index (χ2v) is 5.04. The van der Waals surface area contributed by atoms with Crippen molar-refractivity contribution in [3.8, 4) is 0 Å². The number of nitrogens with zero attached hydrogens (tertiary/aromatic N) is 3. The molecule has 12 heteroatoms. The Balaban J connectivity index is 2.89. The summed E-state index contributed by atoms with van der Waals surface area (Å²) in [5.41, 5.74) is 0. The molecule has 0 aliphatic heterocycles. The van der Waals surface area contributed by atoms with Gasteiger partial charge in [-0.15, -0.1) is 0 Å². The van der Waals surface area contributed by atoms with Crippen LogP contribution in [0.2, 0.25) is 0 Å². The lowest BCUT2D eigenvalue weighted by Crippen LogP contribution is -2.41. The molecular weight excluding hydrogens is 354 g/mol. The summed E-state index contributed by atoms with van der Waals surface area (Å²) in [6.45, 7) is 2.49. The molecule has 1 aromatic heterocycles. The standard InChI is InChI=1S/C14H19N3O9/c1-9(18)23-6-12(13(26-11(3)20)7-24-10(2)19)25-8-16-5-4-15-14(16)17(21)22/h4-5,12-13H,6-8H2,1-3H3/t12-,13-/m0/s1. The predicted molar refractivity (Wildman–Crippen MR) is 82.6 cm³/mol. The van der Waals surface area contributed by atoms with Crippen molar-refractivity contribution < 1.29 is 38.3 Å². The summed E-state index contributed by atoms with van der Waals surface area (Å²) in [4.78, 5) is 47.1. The van der Waals surface area contributed by atoms with Gasteiger partial charge in [0.05, 0.1) is 0 Å². The minimum atomic E-state index is -1.08. The van der Waals surface area contributed by atoms with E-state index in [1.54, 1.807) is 0 Å². The third-order valence-corrected chi connectivity index (χ3v) is 2.92. The number of aromatic nitrogens is 2. The van der Waals surface area contributed by atoms with E-state index in [0.29, 0.717) is 0 Å². The number of hydrogen-bond acceptors (Lipinski definition) is 10. The van der Waals surface area contributed by atoms with E-state index >= 15 is 0 Å². The van der Waals surface area contributed by atoms with Crippen LogP contribution >= 0.6 is 0 Å². The normalized spacial score (nSPS) is 12.7. The minimum absolute atomic E-state index is 0.322. The van der Waals surface area contributed by atoms with E-state index in [-0.39, 0.29) is 19.9 Å². The minimum Gasteiger partial charge on any atom is -0.463 e. The molecule has 0 bridgehead atoms. The predicted octanol–water partition coefficient (Wildman–Crippen LogP) is 0.192. The number of rotatable bonds is 10. The van der Waals surface area contributed by atoms with E-state index in [9.17, 15) is 24.5 Å². The second-order valence-electron chi connectivity index (χ2n) is 5.04. The SMILES string of the molecule is CC(=O)OC[C@H](OCn1ccnc1[N+](=O)[O-])[C@H](COC(C)=O)OC(C)=O. The van der Waals surface area contributed by atoms with Gasteiger partial charge in [0.15, 0.2) is 12.8 Å². The lowest BCUT2D eigenvalue weighted by Gasteiger charge is -2.25. The van der Waals surface area contributed by atoms with Crippen LogP contribution < -0.4 is 0 Å². The molecule has 0 aliphatic carbocycles. The smallest absolute Gasteiger partial charge is 0.436 e. The summed E-state index contributed by atoms with van der Waals surface area (Å²) in [5.74, 6) is -2.35. The van der Waals surface area contributed by atoms with E-state index in [1.165, 1.54) is 26.2 Å². The van der Waals surface area contributed by atoms with Gasteiger partial charge >= 0.3 is 23.9 Å². The Labute approximate surface area is 148 Å². The first-order chi connectivity index (χ1) is 12.2. The largest absolute Gasteiger partial charge is 0.463 e. The first-order valence-corrected chi connectivity index (χ1v) is 7.41. The van der Waals surface area contributed by atoms with Crippen molar-refractivity contribution in [3.05, 3.63) is 22.5 Å². The molecule has 1 aromatic rings. The third-order valence-electron chi connectivity index (χ3n) is 2.92. The Morgan fingerprint density at radius 2 is 1.69 bits per heavy atom. The van der Waals surface area contributed by atoms with Gasteiger partial charge in [0, 0.05) is 20.8 Å². The zero-order chi connectivity index (χ0) is 19.7. The summed E-state index contributed by atoms with van der Waals surface area (Å²) in [5, 5.41) is 10.9. The second kappa shape index (κ2) is 10.1. The molecule has 0 amide bonds. The fourth-order valence-electron chi connectivity index (χ4n) is 1.84. The number of carbonyl (C=O) groups excluding carboxylic acids is 3. The molecule has 0 spiro atoms. The maximum absolute atomic E-state index is 11.3. The van der Waals surface area contributed by atoms with Crippen molar-refractivity contribution in [2.45, 2.75) is 39.7 Å². The highest BCUT2D eigenvalue weighted by molar-refractivity contribution is 5.67. The summed E-state index contributed by atoms with van der Waals surface area (Å²) < 4.78 is 21.3. The van der Waals surface area contributed by atoms with Gasteiger partial charge in [-0.2, -0.15) is 0 Å². The number of nitro groups is 1. The Hall–Kier alpha value is -3.02. The molecule has 2 atom stereocenters. The van der Waals surface area contributed by atoms with E-state index in [1.807, 2.05) is 0 Å². The van der Waals surface area contributed by atoms with E-state index < -0.39 is 41.0 Å². The number of carbonyl (C=O) groups is 3. The van der Waals surface area contributed by atoms with Crippen LogP contribution in [0.25, 0.3) is 0 Å². The van der Waals surface area contributed by atoms with Gasteiger partial charge in [0.25, 0.3) is 0 Å². The maximum Gasteiger partial charge on any atom is 0.436 e. The summed E-state index contributed by atoms with van der Waals surface area (Å²) in [7, 11) is 0. The molecule has 0 saturated carbocycles. The Morgan fingerprint density at radius 1 is 1.12 bits per heavy atom. The lowest BCUT2D eigenvalue weighted by molar-refractivity contribution is -0.397. The average molecular weight is 373 g/mol. The highest BCUT2D eigenvalue weighted by atomic mass is 16.6. The van der Waals surface area contributed by atoms with Gasteiger partial charge in [0.2, 0.25) is 0 Å². The molecule has 0 fully saturated rings. The van der Waals surface area contributed by atoms with Crippen molar-refractivity contribution >= 4 is 23.9 Å². The van der Waals surface area contributed by atoms with Crippen molar-refractivity contribution in [2.75, 3.05) is 13.2 Å². The van der Waals surface area contributed by atoms with Gasteiger partial charge in [-0.25, -0.2) is 4.57 Å². The first-order valence-electron chi connectivity index (χ1n) is 7.41. The van der Waals surface area contributed by atoms with E-state index in [2.05, 4.69) is 4.98 Å². The van der Waals surface area contributed by atoms with Gasteiger partial charge in [-0.05, 0) is 4.92 Å². The zero-order valence-electron chi connectivity index (χ0n) is 14.4. The number of ether oxygens (including phenoxy) is 4. The molecule has 0 aromatic carbocycles. The van der Waals surface area contributed by atoms with Crippen LogP contribution in [0.3, 0.4) is 0 Å². The molecule has 0 radical (unpaired) electrons. The van der Waals surface area contributed by atoms with Gasteiger partial charge in [0.1, 0.15) is 31.7 Å². The number of hydrogen-bond donors (Lipinski definition) is 0.